The summed E-state index contributed by atoms with van der Waals surface area (Å²) >= 11 is 0. The van der Waals surface area contributed by atoms with Crippen molar-refractivity contribution in [3.8, 4) is 5.75 Å². The van der Waals surface area contributed by atoms with E-state index in [0.29, 0.717) is 39.0 Å². The van der Waals surface area contributed by atoms with Crippen LogP contribution in [-0.2, 0) is 14.3 Å². The Hall–Kier alpha value is -2.04. The molecule has 0 aromatic heterocycles. The van der Waals surface area contributed by atoms with Crippen LogP contribution in [0.1, 0.15) is 24.8 Å². The second-order valence-electron chi connectivity index (χ2n) is 5.59. The number of esters is 1. The molecule has 5 nitrogen and oxygen atoms in total. The van der Waals surface area contributed by atoms with Crippen molar-refractivity contribution in [3.05, 3.63) is 29.8 Å². The summed E-state index contributed by atoms with van der Waals surface area (Å²) in [4.78, 5) is 25.4. The number of amides is 1. The zero-order valence-electron chi connectivity index (χ0n) is 13.2. The Labute approximate surface area is 131 Å². The quantitative estimate of drug-likeness (QED) is 0.782. The molecule has 1 aromatic rings. The molecule has 0 bridgehead atoms. The molecule has 5 heteroatoms. The van der Waals surface area contributed by atoms with Crippen molar-refractivity contribution in [3.63, 3.8) is 0 Å². The lowest BCUT2D eigenvalue weighted by atomic mass is 9.97. The molecule has 0 atom stereocenters. The van der Waals surface area contributed by atoms with E-state index in [1.807, 2.05) is 31.2 Å². The summed E-state index contributed by atoms with van der Waals surface area (Å²) in [6.07, 6.45) is 1.71. The highest BCUT2D eigenvalue weighted by Crippen LogP contribution is 2.19. The lowest BCUT2D eigenvalue weighted by molar-refractivity contribution is -0.149. The summed E-state index contributed by atoms with van der Waals surface area (Å²) in [5.74, 6) is 0.626. The first-order valence-corrected chi connectivity index (χ1v) is 7.65. The molecule has 1 saturated heterocycles. The van der Waals surface area contributed by atoms with E-state index in [2.05, 4.69) is 0 Å². The van der Waals surface area contributed by atoms with Crippen LogP contribution in [0.5, 0.6) is 5.75 Å². The monoisotopic (exact) mass is 305 g/mol. The van der Waals surface area contributed by atoms with E-state index in [4.69, 9.17) is 9.47 Å². The van der Waals surface area contributed by atoms with Crippen LogP contribution in [0.2, 0.25) is 0 Å². The number of benzene rings is 1. The van der Waals surface area contributed by atoms with Gasteiger partial charge in [-0.05, 0) is 37.5 Å². The predicted octanol–water partition coefficient (Wildman–Crippen LogP) is 2.18. The molecule has 0 unspecified atom stereocenters. The van der Waals surface area contributed by atoms with Crippen molar-refractivity contribution in [2.24, 2.45) is 5.92 Å². The maximum atomic E-state index is 12.1. The lowest BCUT2D eigenvalue weighted by Crippen LogP contribution is -2.40. The van der Waals surface area contributed by atoms with Crippen LogP contribution in [0.25, 0.3) is 0 Å². The van der Waals surface area contributed by atoms with Gasteiger partial charge < -0.3 is 14.4 Å². The third kappa shape index (κ3) is 4.48. The van der Waals surface area contributed by atoms with Gasteiger partial charge in [-0.25, -0.2) is 0 Å². The fourth-order valence-corrected chi connectivity index (χ4v) is 2.65. The first-order chi connectivity index (χ1) is 10.6. The predicted molar refractivity (Wildman–Crippen MR) is 82.6 cm³/mol. The van der Waals surface area contributed by atoms with Crippen LogP contribution in [-0.4, -0.2) is 43.6 Å². The molecular weight excluding hydrogens is 282 g/mol. The van der Waals surface area contributed by atoms with Crippen molar-refractivity contribution in [1.29, 1.82) is 0 Å². The molecular formula is C17H23NO4. The Morgan fingerprint density at radius 3 is 2.64 bits per heavy atom. The number of piperidine rings is 1. The van der Waals surface area contributed by atoms with Gasteiger partial charge in [0.15, 0.2) is 0 Å². The summed E-state index contributed by atoms with van der Waals surface area (Å²) < 4.78 is 10.3. The minimum atomic E-state index is -0.171. The van der Waals surface area contributed by atoms with Gasteiger partial charge in [-0.3, -0.25) is 9.59 Å². The fourth-order valence-electron chi connectivity index (χ4n) is 2.65. The maximum absolute atomic E-state index is 12.1. The summed E-state index contributed by atoms with van der Waals surface area (Å²) in [6.45, 7) is 3.61. The van der Waals surface area contributed by atoms with E-state index in [1.165, 1.54) is 7.11 Å². The van der Waals surface area contributed by atoms with Crippen molar-refractivity contribution in [2.45, 2.75) is 26.2 Å². The number of hydrogen-bond donors (Lipinski definition) is 0. The zero-order valence-corrected chi connectivity index (χ0v) is 13.2. The average Bonchev–Trinajstić information content (AvgIpc) is 2.54. The number of likely N-dealkylation sites (tertiary alicyclic amines) is 1. The summed E-state index contributed by atoms with van der Waals surface area (Å²) in [7, 11) is 1.41. The average molecular weight is 305 g/mol. The third-order valence-electron chi connectivity index (χ3n) is 3.96. The van der Waals surface area contributed by atoms with E-state index < -0.39 is 0 Å². The molecule has 2 rings (SSSR count). The van der Waals surface area contributed by atoms with Crippen LogP contribution in [0.15, 0.2) is 24.3 Å². The molecule has 0 spiro atoms. The number of nitrogens with zero attached hydrogens (tertiary/aromatic N) is 1. The van der Waals surface area contributed by atoms with Crippen molar-refractivity contribution in [1.82, 2.24) is 4.90 Å². The molecule has 0 aliphatic carbocycles. The normalized spacial score (nSPS) is 15.5. The van der Waals surface area contributed by atoms with E-state index in [-0.39, 0.29) is 17.8 Å². The third-order valence-corrected chi connectivity index (χ3v) is 3.96. The van der Waals surface area contributed by atoms with E-state index in [1.54, 1.807) is 4.90 Å². The highest BCUT2D eigenvalue weighted by atomic mass is 16.5. The number of hydrogen-bond acceptors (Lipinski definition) is 4. The Bertz CT molecular complexity index is 521. The number of aryl methyl sites for hydroxylation is 1. The minimum absolute atomic E-state index is 0.0717. The zero-order chi connectivity index (χ0) is 15.9. The smallest absolute Gasteiger partial charge is 0.308 e. The van der Waals surface area contributed by atoms with Gasteiger partial charge in [0.1, 0.15) is 5.75 Å². The number of carbonyl (C=O) groups excluding carboxylic acids is 2. The van der Waals surface area contributed by atoms with Crippen molar-refractivity contribution in [2.75, 3.05) is 26.8 Å². The van der Waals surface area contributed by atoms with Crippen LogP contribution < -0.4 is 4.74 Å². The van der Waals surface area contributed by atoms with Gasteiger partial charge in [0, 0.05) is 13.1 Å². The van der Waals surface area contributed by atoms with Crippen LogP contribution in [0.4, 0.5) is 0 Å². The van der Waals surface area contributed by atoms with Crippen LogP contribution >= 0.6 is 0 Å². The number of rotatable bonds is 5. The van der Waals surface area contributed by atoms with E-state index >= 15 is 0 Å². The van der Waals surface area contributed by atoms with E-state index in [9.17, 15) is 9.59 Å². The Kier molecular flexibility index (Phi) is 5.81. The molecule has 1 heterocycles. The van der Waals surface area contributed by atoms with Gasteiger partial charge in [0.2, 0.25) is 5.91 Å². The SMILES string of the molecule is COC(=O)C1CCN(C(=O)CCOc2cccc(C)c2)CC1. The highest BCUT2D eigenvalue weighted by molar-refractivity contribution is 5.77. The molecule has 1 aromatic carbocycles. The van der Waals surface area contributed by atoms with Gasteiger partial charge in [0.25, 0.3) is 0 Å². The minimum Gasteiger partial charge on any atom is -0.493 e. The number of carbonyl (C=O) groups is 2. The maximum Gasteiger partial charge on any atom is 0.308 e. The fraction of sp³-hybridized carbons (Fsp3) is 0.529. The van der Waals surface area contributed by atoms with Gasteiger partial charge in [-0.15, -0.1) is 0 Å². The first kappa shape index (κ1) is 16.3. The molecule has 120 valence electrons. The molecule has 22 heavy (non-hydrogen) atoms. The highest BCUT2D eigenvalue weighted by Gasteiger charge is 2.27. The Morgan fingerprint density at radius 1 is 1.27 bits per heavy atom. The van der Waals surface area contributed by atoms with Gasteiger partial charge in [-0.1, -0.05) is 12.1 Å². The lowest BCUT2D eigenvalue weighted by Gasteiger charge is -2.30. The molecule has 1 fully saturated rings. The Balaban J connectivity index is 1.71. The second kappa shape index (κ2) is 7.82. The first-order valence-electron chi connectivity index (χ1n) is 7.65. The van der Waals surface area contributed by atoms with Crippen LogP contribution in [0, 0.1) is 12.8 Å². The van der Waals surface area contributed by atoms with Crippen LogP contribution in [0.3, 0.4) is 0 Å². The van der Waals surface area contributed by atoms with Crippen molar-refractivity contribution < 1.29 is 19.1 Å². The largest absolute Gasteiger partial charge is 0.493 e. The van der Waals surface area contributed by atoms with Gasteiger partial charge >= 0.3 is 5.97 Å². The summed E-state index contributed by atoms with van der Waals surface area (Å²) in [6, 6.07) is 7.78. The second-order valence-corrected chi connectivity index (χ2v) is 5.59. The topological polar surface area (TPSA) is 55.8 Å². The van der Waals surface area contributed by atoms with Crippen molar-refractivity contribution >= 4 is 11.9 Å². The molecule has 0 N–H and O–H groups in total. The number of ether oxygens (including phenoxy) is 2. The van der Waals surface area contributed by atoms with Gasteiger partial charge in [-0.2, -0.15) is 0 Å². The standard InChI is InChI=1S/C17H23NO4/c1-13-4-3-5-15(12-13)22-11-8-16(19)18-9-6-14(7-10-18)17(20)21-2/h3-5,12,14H,6-11H2,1-2H3. The summed E-state index contributed by atoms with van der Waals surface area (Å²) in [5.41, 5.74) is 1.13. The molecule has 1 aliphatic rings. The summed E-state index contributed by atoms with van der Waals surface area (Å²) in [5, 5.41) is 0. The molecule has 0 saturated carbocycles. The molecule has 1 amide bonds. The van der Waals surface area contributed by atoms with Gasteiger partial charge in [0.05, 0.1) is 26.1 Å². The molecule has 0 radical (unpaired) electrons. The molecule has 1 aliphatic heterocycles. The Morgan fingerprint density at radius 2 is 2.00 bits per heavy atom. The number of methoxy groups -OCH3 is 1. The van der Waals surface area contributed by atoms with E-state index in [0.717, 1.165) is 11.3 Å².